The Hall–Kier alpha value is -16.7. The van der Waals surface area contributed by atoms with E-state index in [4.69, 9.17) is 9.97 Å². The zero-order chi connectivity index (χ0) is 81.2. The number of para-hydroxylation sites is 8. The van der Waals surface area contributed by atoms with E-state index in [1.54, 1.807) is 0 Å². The standard InChI is InChI=1S/C116H72N8/c1-5-27-85(28-6-1)119-104-40-19-15-36-90(104)94-64-75(46-54-108(94)119)79-50-58-112-98(68-79)99-69-80(76-47-55-109-95(65-76)91-37-16-20-41-105(91)120(109)86-29-7-2-8-30-86)51-59-113(99)123(112)89-35-23-26-83(63-89)102-72-103(84-45-44-73-24-13-14-25-74(73)62-84)118-116(117-102)124-114-60-52-81(77-48-56-110-96(66-77)92-38-17-21-42-106(92)121(110)87-31-9-3-10-32-87)70-100(114)101-71-82(53-61-115(101)124)78-49-57-111-97(67-78)93-39-18-22-43-107(93)122(111)88-33-11-4-12-34-88/h1-72H. The summed E-state index contributed by atoms with van der Waals surface area (Å²) in [4.78, 5) is 11.6. The molecule has 0 spiro atoms. The van der Waals surface area contributed by atoms with Gasteiger partial charge in [0.25, 0.3) is 0 Å². The molecule has 0 saturated heterocycles. The predicted molar refractivity (Wildman–Crippen MR) is 518 cm³/mol. The fourth-order valence-electron chi connectivity index (χ4n) is 20.3. The maximum Gasteiger partial charge on any atom is 0.235 e. The first-order valence-electron chi connectivity index (χ1n) is 42.5. The van der Waals surface area contributed by atoms with Gasteiger partial charge in [-0.05, 0) is 249 Å². The first-order valence-corrected chi connectivity index (χ1v) is 42.5. The average molecular weight is 1580 g/mol. The van der Waals surface area contributed by atoms with Crippen LogP contribution >= 0.6 is 0 Å². The summed E-state index contributed by atoms with van der Waals surface area (Å²) in [5.74, 6) is 0.569. The van der Waals surface area contributed by atoms with Crippen molar-refractivity contribution in [3.63, 3.8) is 0 Å². The van der Waals surface area contributed by atoms with Gasteiger partial charge >= 0.3 is 0 Å². The summed E-state index contributed by atoms with van der Waals surface area (Å²) < 4.78 is 14.3. The van der Waals surface area contributed by atoms with Crippen molar-refractivity contribution in [2.75, 3.05) is 0 Å². The highest BCUT2D eigenvalue weighted by Gasteiger charge is 2.25. The molecule has 26 rings (SSSR count). The molecular formula is C116H72N8. The normalized spacial score (nSPS) is 12.0. The van der Waals surface area contributed by atoms with Crippen molar-refractivity contribution in [3.05, 3.63) is 437 Å². The van der Waals surface area contributed by atoms with E-state index in [9.17, 15) is 0 Å². The van der Waals surface area contributed by atoms with Gasteiger partial charge in [0, 0.05) is 104 Å². The van der Waals surface area contributed by atoms with Crippen molar-refractivity contribution in [2.24, 2.45) is 0 Å². The van der Waals surface area contributed by atoms with Crippen LogP contribution in [0.2, 0.25) is 0 Å². The van der Waals surface area contributed by atoms with Crippen LogP contribution in [0.1, 0.15) is 0 Å². The zero-order valence-corrected chi connectivity index (χ0v) is 67.1. The monoisotopic (exact) mass is 1580 g/mol. The molecule has 0 amide bonds. The van der Waals surface area contributed by atoms with E-state index >= 15 is 0 Å². The van der Waals surface area contributed by atoms with Crippen molar-refractivity contribution >= 4 is 142 Å². The van der Waals surface area contributed by atoms with E-state index in [0.717, 1.165) is 161 Å². The molecule has 0 unspecified atom stereocenters. The molecule has 576 valence electrons. The Morgan fingerprint density at radius 3 is 0.685 bits per heavy atom. The van der Waals surface area contributed by atoms with Crippen LogP contribution in [0.3, 0.4) is 0 Å². The maximum atomic E-state index is 5.87. The van der Waals surface area contributed by atoms with E-state index in [2.05, 4.69) is 464 Å². The van der Waals surface area contributed by atoms with Gasteiger partial charge in [-0.1, -0.05) is 243 Å². The molecule has 0 fully saturated rings. The van der Waals surface area contributed by atoms with Gasteiger partial charge in [0.05, 0.1) is 77.6 Å². The topological polar surface area (TPSA) is 55.4 Å². The maximum absolute atomic E-state index is 5.87. The van der Waals surface area contributed by atoms with E-state index in [1.807, 2.05) is 0 Å². The Balaban J connectivity index is 0.664. The van der Waals surface area contributed by atoms with Crippen LogP contribution in [-0.2, 0) is 0 Å². The Bertz CT molecular complexity index is 8490. The molecule has 0 N–H and O–H groups in total. The second-order valence-electron chi connectivity index (χ2n) is 32.8. The first kappa shape index (κ1) is 69.3. The van der Waals surface area contributed by atoms with Crippen LogP contribution in [0.25, 0.3) is 243 Å². The minimum atomic E-state index is 0.569. The largest absolute Gasteiger partial charge is 0.309 e. The van der Waals surface area contributed by atoms with Crippen LogP contribution < -0.4 is 0 Å². The third-order valence-corrected chi connectivity index (χ3v) is 26.0. The minimum absolute atomic E-state index is 0.569. The highest BCUT2D eigenvalue weighted by atomic mass is 15.2. The Morgan fingerprint density at radius 1 is 0.129 bits per heavy atom. The van der Waals surface area contributed by atoms with Gasteiger partial charge in [-0.15, -0.1) is 0 Å². The van der Waals surface area contributed by atoms with E-state index in [0.29, 0.717) is 5.95 Å². The van der Waals surface area contributed by atoms with Gasteiger partial charge in [0.1, 0.15) is 0 Å². The number of rotatable bonds is 12. The molecule has 8 nitrogen and oxygen atoms in total. The van der Waals surface area contributed by atoms with E-state index in [-0.39, 0.29) is 0 Å². The van der Waals surface area contributed by atoms with Crippen molar-refractivity contribution in [3.8, 4) is 101 Å². The zero-order valence-electron chi connectivity index (χ0n) is 67.1. The van der Waals surface area contributed by atoms with Crippen LogP contribution in [0.15, 0.2) is 437 Å². The van der Waals surface area contributed by atoms with Crippen molar-refractivity contribution in [1.29, 1.82) is 0 Å². The fraction of sp³-hybridized carbons (Fsp3) is 0. The molecule has 8 heteroatoms. The highest BCUT2D eigenvalue weighted by Crippen LogP contribution is 2.46. The average Bonchev–Trinajstić information content (AvgIpc) is 1.86. The third kappa shape index (κ3) is 10.8. The summed E-state index contributed by atoms with van der Waals surface area (Å²) in [6.07, 6.45) is 0. The molecule has 0 radical (unpaired) electrons. The lowest BCUT2D eigenvalue weighted by Gasteiger charge is -2.14. The van der Waals surface area contributed by atoms with E-state index in [1.165, 1.54) is 76.2 Å². The summed E-state index contributed by atoms with van der Waals surface area (Å²) in [5, 5.41) is 16.5. The van der Waals surface area contributed by atoms with Crippen molar-refractivity contribution in [2.45, 2.75) is 0 Å². The van der Waals surface area contributed by atoms with Gasteiger partial charge in [0.2, 0.25) is 5.95 Å². The van der Waals surface area contributed by atoms with Crippen molar-refractivity contribution in [1.82, 2.24) is 37.4 Å². The number of fused-ring (bicyclic) bond motifs is 19. The van der Waals surface area contributed by atoms with Gasteiger partial charge in [-0.25, -0.2) is 9.97 Å². The predicted octanol–water partition coefficient (Wildman–Crippen LogP) is 30.2. The lowest BCUT2D eigenvalue weighted by atomic mass is 9.98. The Morgan fingerprint density at radius 2 is 0.363 bits per heavy atom. The van der Waals surface area contributed by atoms with Crippen LogP contribution in [0.5, 0.6) is 0 Å². The molecule has 0 saturated carbocycles. The molecule has 0 aliphatic heterocycles. The number of aromatic nitrogens is 8. The Kier molecular flexibility index (Phi) is 15.3. The summed E-state index contributed by atoms with van der Waals surface area (Å²) in [5.41, 5.74) is 31.7. The summed E-state index contributed by atoms with van der Waals surface area (Å²) in [6.45, 7) is 0. The smallest absolute Gasteiger partial charge is 0.235 e. The number of benzene rings is 19. The molecule has 26 aromatic rings. The molecule has 0 bridgehead atoms. The molecular weight excluding hydrogens is 1510 g/mol. The second kappa shape index (κ2) is 27.4. The molecule has 124 heavy (non-hydrogen) atoms. The minimum Gasteiger partial charge on any atom is -0.309 e. The third-order valence-electron chi connectivity index (χ3n) is 26.0. The lowest BCUT2D eigenvalue weighted by Crippen LogP contribution is -2.04. The Labute approximate surface area is 712 Å². The van der Waals surface area contributed by atoms with E-state index < -0.39 is 0 Å². The number of hydrogen-bond donors (Lipinski definition) is 0. The summed E-state index contributed by atoms with van der Waals surface area (Å²) in [7, 11) is 0. The van der Waals surface area contributed by atoms with Crippen LogP contribution in [0, 0.1) is 0 Å². The lowest BCUT2D eigenvalue weighted by molar-refractivity contribution is 0.995. The highest BCUT2D eigenvalue weighted by molar-refractivity contribution is 6.18. The quantitative estimate of drug-likeness (QED) is 0.122. The molecule has 0 aliphatic carbocycles. The van der Waals surface area contributed by atoms with Crippen molar-refractivity contribution < 1.29 is 0 Å². The molecule has 0 atom stereocenters. The summed E-state index contributed by atoms with van der Waals surface area (Å²) in [6, 6.07) is 161. The molecule has 7 aromatic heterocycles. The first-order chi connectivity index (χ1) is 61.5. The number of nitrogens with zero attached hydrogens (tertiary/aromatic N) is 8. The fourth-order valence-corrected chi connectivity index (χ4v) is 20.3. The molecule has 0 aliphatic rings. The number of hydrogen-bond acceptors (Lipinski definition) is 2. The van der Waals surface area contributed by atoms with Gasteiger partial charge in [-0.2, -0.15) is 0 Å². The SMILES string of the molecule is c1ccc(-n2c3ccccc3c3cc(-c4ccc5c(c4)c4cc(-c6ccc7c(c6)c6ccccc6n7-c6ccccc6)ccc4n5-c4cccc(-c5cc(-c6ccc7ccccc7c6)nc(-n6c7ccc(-c8ccc9c(c8)c8ccccc8n9-c8ccccc8)cc7c7cc(-c8ccc9c(c8)c8ccccc8n9-c8ccccc8)ccc76)n5)c4)ccc32)cc1. The van der Waals surface area contributed by atoms with Gasteiger partial charge in [-0.3, -0.25) is 4.57 Å². The van der Waals surface area contributed by atoms with Gasteiger partial charge < -0.3 is 22.8 Å². The summed E-state index contributed by atoms with van der Waals surface area (Å²) >= 11 is 0. The van der Waals surface area contributed by atoms with Crippen LogP contribution in [0.4, 0.5) is 0 Å². The molecule has 19 aromatic carbocycles. The second-order valence-corrected chi connectivity index (χ2v) is 32.8. The molecule has 7 heterocycles. The van der Waals surface area contributed by atoms with Gasteiger partial charge in [0.15, 0.2) is 0 Å². The van der Waals surface area contributed by atoms with Crippen LogP contribution in [-0.4, -0.2) is 37.4 Å².